The molecular formula is C21H24N4O2. The largest absolute Gasteiger partial charge is 0.350 e. The van der Waals surface area contributed by atoms with Crippen LogP contribution >= 0.6 is 0 Å². The molecule has 1 aromatic carbocycles. The Morgan fingerprint density at radius 1 is 1.15 bits per heavy atom. The second kappa shape index (κ2) is 7.39. The molecule has 1 aliphatic heterocycles. The molecule has 1 aliphatic carbocycles. The molecule has 3 amide bonds. The molecule has 2 atom stereocenters. The molecule has 0 spiro atoms. The Morgan fingerprint density at radius 3 is 2.70 bits per heavy atom. The summed E-state index contributed by atoms with van der Waals surface area (Å²) < 4.78 is 0. The molecule has 27 heavy (non-hydrogen) atoms. The molecule has 0 radical (unpaired) electrons. The number of hydrogen-bond acceptors (Lipinski definition) is 3. The third-order valence-corrected chi connectivity index (χ3v) is 5.46. The van der Waals surface area contributed by atoms with Crippen molar-refractivity contribution in [1.29, 1.82) is 0 Å². The van der Waals surface area contributed by atoms with Crippen LogP contribution < -0.4 is 10.6 Å². The standard InChI is InChI=1S/C21H24N4O2/c1-14-16(15-7-3-2-4-8-15)11-12-19(22-14)24-21(27)25-13-20(26)23-17-9-5-6-10-18(17)25/h2-4,7-8,11-12,17-18H,5-6,9-10,13H2,1H3,(H,23,26)(H,22,24,27). The summed E-state index contributed by atoms with van der Waals surface area (Å²) in [5.41, 5.74) is 2.99. The Balaban J connectivity index is 1.51. The van der Waals surface area contributed by atoms with E-state index in [1.807, 2.05) is 49.4 Å². The molecule has 2 N–H and O–H groups in total. The van der Waals surface area contributed by atoms with Crippen LogP contribution in [0.25, 0.3) is 11.1 Å². The first kappa shape index (κ1) is 17.5. The van der Waals surface area contributed by atoms with Crippen LogP contribution in [-0.4, -0.2) is 40.5 Å². The highest BCUT2D eigenvalue weighted by molar-refractivity contribution is 5.93. The van der Waals surface area contributed by atoms with Gasteiger partial charge in [0.25, 0.3) is 0 Å². The summed E-state index contributed by atoms with van der Waals surface area (Å²) >= 11 is 0. The third kappa shape index (κ3) is 3.65. The van der Waals surface area contributed by atoms with Crippen LogP contribution in [0.4, 0.5) is 10.6 Å². The lowest BCUT2D eigenvalue weighted by atomic mass is 9.87. The molecule has 1 saturated carbocycles. The summed E-state index contributed by atoms with van der Waals surface area (Å²) in [7, 11) is 0. The van der Waals surface area contributed by atoms with Gasteiger partial charge in [0, 0.05) is 17.3 Å². The second-order valence-corrected chi connectivity index (χ2v) is 7.28. The number of fused-ring (bicyclic) bond motifs is 1. The molecule has 2 fully saturated rings. The van der Waals surface area contributed by atoms with Gasteiger partial charge < -0.3 is 10.2 Å². The summed E-state index contributed by atoms with van der Waals surface area (Å²) in [6.07, 6.45) is 4.05. The van der Waals surface area contributed by atoms with E-state index < -0.39 is 0 Å². The van der Waals surface area contributed by atoms with Crippen LogP contribution in [0.2, 0.25) is 0 Å². The molecule has 0 bridgehead atoms. The van der Waals surface area contributed by atoms with Crippen LogP contribution in [0.5, 0.6) is 0 Å². The van der Waals surface area contributed by atoms with Crippen LogP contribution in [0.1, 0.15) is 31.4 Å². The van der Waals surface area contributed by atoms with Gasteiger partial charge >= 0.3 is 6.03 Å². The molecule has 2 heterocycles. The van der Waals surface area contributed by atoms with E-state index >= 15 is 0 Å². The maximum absolute atomic E-state index is 12.8. The molecule has 1 saturated heterocycles. The Labute approximate surface area is 159 Å². The average molecular weight is 364 g/mol. The van der Waals surface area contributed by atoms with E-state index in [1.165, 1.54) is 0 Å². The predicted molar refractivity (Wildman–Crippen MR) is 104 cm³/mol. The number of nitrogens with zero attached hydrogens (tertiary/aromatic N) is 2. The van der Waals surface area contributed by atoms with Crippen molar-refractivity contribution in [2.75, 3.05) is 11.9 Å². The zero-order valence-corrected chi connectivity index (χ0v) is 15.4. The molecule has 140 valence electrons. The zero-order valence-electron chi connectivity index (χ0n) is 15.4. The number of carbonyl (C=O) groups excluding carboxylic acids is 2. The quantitative estimate of drug-likeness (QED) is 0.858. The number of pyridine rings is 1. The first-order chi connectivity index (χ1) is 13.1. The number of anilines is 1. The summed E-state index contributed by atoms with van der Waals surface area (Å²) in [5, 5.41) is 5.91. The summed E-state index contributed by atoms with van der Waals surface area (Å²) in [5.74, 6) is 0.424. The lowest BCUT2D eigenvalue weighted by Crippen LogP contribution is -2.63. The van der Waals surface area contributed by atoms with E-state index in [1.54, 1.807) is 4.90 Å². The molecule has 2 aliphatic rings. The summed E-state index contributed by atoms with van der Waals surface area (Å²) in [6, 6.07) is 13.7. The third-order valence-electron chi connectivity index (χ3n) is 5.46. The average Bonchev–Trinajstić information content (AvgIpc) is 2.68. The first-order valence-electron chi connectivity index (χ1n) is 9.52. The van der Waals surface area contributed by atoms with Crippen molar-refractivity contribution in [3.8, 4) is 11.1 Å². The molecule has 2 aromatic rings. The van der Waals surface area contributed by atoms with Gasteiger partial charge in [0.1, 0.15) is 12.4 Å². The van der Waals surface area contributed by atoms with Crippen LogP contribution in [0.15, 0.2) is 42.5 Å². The van der Waals surface area contributed by atoms with Crippen LogP contribution in [0, 0.1) is 6.92 Å². The number of nitrogens with one attached hydrogen (secondary N) is 2. The Hall–Kier alpha value is -2.89. The van der Waals surface area contributed by atoms with Gasteiger partial charge in [0.05, 0.1) is 6.04 Å². The number of aromatic nitrogens is 1. The highest BCUT2D eigenvalue weighted by Gasteiger charge is 2.38. The molecular weight excluding hydrogens is 340 g/mol. The second-order valence-electron chi connectivity index (χ2n) is 7.28. The fraction of sp³-hybridized carbons (Fsp3) is 0.381. The van der Waals surface area contributed by atoms with E-state index in [0.717, 1.165) is 42.5 Å². The first-order valence-corrected chi connectivity index (χ1v) is 9.52. The molecule has 4 rings (SSSR count). The number of hydrogen-bond donors (Lipinski definition) is 2. The van der Waals surface area contributed by atoms with E-state index in [4.69, 9.17) is 0 Å². The Kier molecular flexibility index (Phi) is 4.79. The number of amides is 3. The van der Waals surface area contributed by atoms with Gasteiger partial charge in [-0.3, -0.25) is 10.1 Å². The maximum atomic E-state index is 12.8. The van der Waals surface area contributed by atoms with Crippen molar-refractivity contribution in [2.24, 2.45) is 0 Å². The van der Waals surface area contributed by atoms with Crippen molar-refractivity contribution in [3.05, 3.63) is 48.2 Å². The number of benzene rings is 1. The van der Waals surface area contributed by atoms with Crippen molar-refractivity contribution in [3.63, 3.8) is 0 Å². The maximum Gasteiger partial charge on any atom is 0.323 e. The van der Waals surface area contributed by atoms with Crippen molar-refractivity contribution < 1.29 is 9.59 Å². The minimum atomic E-state index is -0.249. The number of piperazine rings is 1. The SMILES string of the molecule is Cc1nc(NC(=O)N2CC(=O)NC3CCCCC32)ccc1-c1ccccc1. The fourth-order valence-electron chi connectivity index (χ4n) is 4.13. The minimum absolute atomic E-state index is 0.0703. The van der Waals surface area contributed by atoms with Gasteiger partial charge in [0.15, 0.2) is 0 Å². The zero-order chi connectivity index (χ0) is 18.8. The minimum Gasteiger partial charge on any atom is -0.350 e. The number of carbonyl (C=O) groups is 2. The lowest BCUT2D eigenvalue weighted by Gasteiger charge is -2.43. The van der Waals surface area contributed by atoms with Crippen LogP contribution in [-0.2, 0) is 4.79 Å². The Bertz CT molecular complexity index is 853. The monoisotopic (exact) mass is 364 g/mol. The van der Waals surface area contributed by atoms with Gasteiger partial charge in [0.2, 0.25) is 5.91 Å². The smallest absolute Gasteiger partial charge is 0.323 e. The van der Waals surface area contributed by atoms with Crippen LogP contribution in [0.3, 0.4) is 0 Å². The van der Waals surface area contributed by atoms with E-state index in [-0.39, 0.29) is 30.6 Å². The topological polar surface area (TPSA) is 74.3 Å². The van der Waals surface area contributed by atoms with E-state index in [0.29, 0.717) is 5.82 Å². The molecule has 6 heteroatoms. The van der Waals surface area contributed by atoms with Gasteiger partial charge in [-0.05, 0) is 37.5 Å². The van der Waals surface area contributed by atoms with Gasteiger partial charge in [-0.25, -0.2) is 9.78 Å². The molecule has 6 nitrogen and oxygen atoms in total. The Morgan fingerprint density at radius 2 is 1.93 bits per heavy atom. The molecule has 2 unspecified atom stereocenters. The van der Waals surface area contributed by atoms with Crippen molar-refractivity contribution in [2.45, 2.75) is 44.7 Å². The van der Waals surface area contributed by atoms with Gasteiger partial charge in [-0.15, -0.1) is 0 Å². The van der Waals surface area contributed by atoms with Crippen molar-refractivity contribution >= 4 is 17.8 Å². The highest BCUT2D eigenvalue weighted by Crippen LogP contribution is 2.27. The van der Waals surface area contributed by atoms with Crippen molar-refractivity contribution in [1.82, 2.24) is 15.2 Å². The predicted octanol–water partition coefficient (Wildman–Crippen LogP) is 3.33. The normalized spacial score (nSPS) is 22.0. The number of urea groups is 1. The van der Waals surface area contributed by atoms with Gasteiger partial charge in [-0.2, -0.15) is 0 Å². The highest BCUT2D eigenvalue weighted by atomic mass is 16.2. The number of aryl methyl sites for hydroxylation is 1. The summed E-state index contributed by atoms with van der Waals surface area (Å²) in [6.45, 7) is 2.04. The number of rotatable bonds is 2. The van der Waals surface area contributed by atoms with E-state index in [2.05, 4.69) is 15.6 Å². The van der Waals surface area contributed by atoms with Gasteiger partial charge in [-0.1, -0.05) is 43.2 Å². The van der Waals surface area contributed by atoms with E-state index in [9.17, 15) is 9.59 Å². The molecule has 1 aromatic heterocycles. The fourth-order valence-corrected chi connectivity index (χ4v) is 4.13. The summed E-state index contributed by atoms with van der Waals surface area (Å²) in [4.78, 5) is 31.0. The lowest BCUT2D eigenvalue weighted by molar-refractivity contribution is -0.126.